The fraction of sp³-hybridized carbons (Fsp3) is 0.938. The molecule has 0 amide bonds. The zero-order valence-corrected chi connectivity index (χ0v) is 12.9. The molecule has 0 bridgehead atoms. The van der Waals surface area contributed by atoms with Crippen molar-refractivity contribution in [1.82, 2.24) is 0 Å². The monoisotopic (exact) mass is 285 g/mol. The van der Waals surface area contributed by atoms with Crippen LogP contribution in [0, 0.1) is 10.1 Å². The van der Waals surface area contributed by atoms with E-state index in [0.29, 0.717) is 0 Å². The molecule has 0 saturated carbocycles. The quantitative estimate of drug-likeness (QED) is 0.175. The Hall–Kier alpha value is -0.930. The molecular formula is C16H31NO3. The van der Waals surface area contributed by atoms with Gasteiger partial charge in [0.1, 0.15) is 6.29 Å². The predicted octanol–water partition coefficient (Wildman–Crippen LogP) is 4.92. The standard InChI is InChI=1S/C16H31NO3/c18-16-14-12-10-8-6-4-2-1-3-5-7-9-11-13-15-17(19)20/h16H,1-15H2. The van der Waals surface area contributed by atoms with Gasteiger partial charge >= 0.3 is 0 Å². The summed E-state index contributed by atoms with van der Waals surface area (Å²) >= 11 is 0. The minimum atomic E-state index is -0.223. The van der Waals surface area contributed by atoms with Crippen LogP contribution >= 0.6 is 0 Å². The maximum atomic E-state index is 10.1. The number of rotatable bonds is 16. The second-order valence-electron chi connectivity index (χ2n) is 5.61. The zero-order valence-electron chi connectivity index (χ0n) is 12.9. The highest BCUT2D eigenvalue weighted by Gasteiger charge is 1.97. The van der Waals surface area contributed by atoms with E-state index in [-0.39, 0.29) is 11.5 Å². The van der Waals surface area contributed by atoms with Crippen LogP contribution in [-0.2, 0) is 4.79 Å². The largest absolute Gasteiger partial charge is 0.303 e. The minimum absolute atomic E-state index is 0.132. The number of aldehydes is 1. The van der Waals surface area contributed by atoms with E-state index in [4.69, 9.17) is 0 Å². The van der Waals surface area contributed by atoms with Gasteiger partial charge in [0.25, 0.3) is 0 Å². The van der Waals surface area contributed by atoms with Crippen LogP contribution < -0.4 is 0 Å². The molecule has 4 nitrogen and oxygen atoms in total. The highest BCUT2D eigenvalue weighted by Crippen LogP contribution is 2.12. The molecule has 0 atom stereocenters. The molecule has 0 aromatic heterocycles. The van der Waals surface area contributed by atoms with Gasteiger partial charge in [0.2, 0.25) is 6.54 Å². The van der Waals surface area contributed by atoms with Gasteiger partial charge in [0.05, 0.1) is 0 Å². The number of nitro groups is 1. The van der Waals surface area contributed by atoms with Crippen molar-refractivity contribution >= 4 is 6.29 Å². The Morgan fingerprint density at radius 2 is 1.00 bits per heavy atom. The first-order valence-corrected chi connectivity index (χ1v) is 8.33. The number of nitrogens with zero attached hydrogens (tertiary/aromatic N) is 1. The van der Waals surface area contributed by atoms with Gasteiger partial charge in [-0.25, -0.2) is 0 Å². The van der Waals surface area contributed by atoms with Crippen molar-refractivity contribution in [2.75, 3.05) is 6.54 Å². The first kappa shape index (κ1) is 19.1. The van der Waals surface area contributed by atoms with Gasteiger partial charge < -0.3 is 4.79 Å². The molecule has 4 heteroatoms. The Kier molecular flexibility index (Phi) is 15.4. The molecule has 0 N–H and O–H groups in total. The Bertz CT molecular complexity index is 232. The van der Waals surface area contributed by atoms with E-state index in [1.807, 2.05) is 0 Å². The van der Waals surface area contributed by atoms with Gasteiger partial charge in [-0.05, 0) is 12.8 Å². The maximum absolute atomic E-state index is 10.1. The summed E-state index contributed by atoms with van der Waals surface area (Å²) in [4.78, 5) is 20.0. The third-order valence-corrected chi connectivity index (χ3v) is 3.66. The van der Waals surface area contributed by atoms with Crippen LogP contribution in [0.1, 0.15) is 89.9 Å². The summed E-state index contributed by atoms with van der Waals surface area (Å²) in [6.07, 6.45) is 17.2. The number of hydrogen-bond donors (Lipinski definition) is 0. The summed E-state index contributed by atoms with van der Waals surface area (Å²) in [6.45, 7) is 0.132. The minimum Gasteiger partial charge on any atom is -0.303 e. The Morgan fingerprint density at radius 1 is 0.650 bits per heavy atom. The molecule has 0 unspecified atom stereocenters. The molecule has 0 aromatic carbocycles. The van der Waals surface area contributed by atoms with Gasteiger partial charge in [0.15, 0.2) is 0 Å². The van der Waals surface area contributed by atoms with Gasteiger partial charge in [-0.3, -0.25) is 10.1 Å². The van der Waals surface area contributed by atoms with Gasteiger partial charge in [0, 0.05) is 17.8 Å². The SMILES string of the molecule is O=CCCCCCCCCCCCCCCC[N+](=O)[O-]. The molecule has 0 radical (unpaired) electrons. The number of unbranched alkanes of at least 4 members (excludes halogenated alkanes) is 13. The third kappa shape index (κ3) is 17.1. The summed E-state index contributed by atoms with van der Waals surface area (Å²) in [5.41, 5.74) is 0. The zero-order chi connectivity index (χ0) is 14.9. The van der Waals surface area contributed by atoms with E-state index >= 15 is 0 Å². The van der Waals surface area contributed by atoms with Crippen LogP contribution in [0.25, 0.3) is 0 Å². The molecule has 0 aliphatic carbocycles. The molecule has 0 heterocycles. The Balaban J connectivity index is 2.95. The lowest BCUT2D eigenvalue weighted by molar-refractivity contribution is -0.480. The molecule has 20 heavy (non-hydrogen) atoms. The van der Waals surface area contributed by atoms with Crippen LogP contribution in [0.4, 0.5) is 0 Å². The number of carbonyl (C=O) groups excluding carboxylic acids is 1. The van der Waals surface area contributed by atoms with Crippen molar-refractivity contribution < 1.29 is 9.72 Å². The van der Waals surface area contributed by atoms with Crippen molar-refractivity contribution in [3.05, 3.63) is 10.1 Å². The van der Waals surface area contributed by atoms with E-state index < -0.39 is 0 Å². The Morgan fingerprint density at radius 3 is 1.35 bits per heavy atom. The molecule has 0 fully saturated rings. The fourth-order valence-electron chi connectivity index (χ4n) is 2.41. The maximum Gasteiger partial charge on any atom is 0.203 e. The molecule has 0 aromatic rings. The van der Waals surface area contributed by atoms with Gasteiger partial charge in [-0.1, -0.05) is 64.2 Å². The summed E-state index contributed by atoms with van der Waals surface area (Å²) in [6, 6.07) is 0. The van der Waals surface area contributed by atoms with Gasteiger partial charge in [-0.15, -0.1) is 0 Å². The molecule has 0 aliphatic rings. The summed E-state index contributed by atoms with van der Waals surface area (Å²) in [7, 11) is 0. The number of hydrogen-bond acceptors (Lipinski definition) is 3. The number of carbonyl (C=O) groups is 1. The van der Waals surface area contributed by atoms with Crippen molar-refractivity contribution in [1.29, 1.82) is 0 Å². The van der Waals surface area contributed by atoms with Crippen LogP contribution in [0.15, 0.2) is 0 Å². The van der Waals surface area contributed by atoms with Crippen molar-refractivity contribution in [2.24, 2.45) is 0 Å². The lowest BCUT2D eigenvalue weighted by Crippen LogP contribution is -1.99. The van der Waals surface area contributed by atoms with Crippen LogP contribution in [0.3, 0.4) is 0 Å². The van der Waals surface area contributed by atoms with E-state index in [9.17, 15) is 14.9 Å². The molecule has 0 saturated heterocycles. The van der Waals surface area contributed by atoms with Gasteiger partial charge in [-0.2, -0.15) is 0 Å². The first-order chi connectivity index (χ1) is 9.77. The lowest BCUT2D eigenvalue weighted by Gasteiger charge is -2.02. The Labute approximate surface area is 123 Å². The summed E-state index contributed by atoms with van der Waals surface area (Å²) in [5.74, 6) is 0. The molecule has 0 rings (SSSR count). The highest BCUT2D eigenvalue weighted by atomic mass is 16.6. The molecule has 0 aliphatic heterocycles. The highest BCUT2D eigenvalue weighted by molar-refractivity contribution is 5.48. The fourth-order valence-corrected chi connectivity index (χ4v) is 2.41. The van der Waals surface area contributed by atoms with E-state index in [1.54, 1.807) is 0 Å². The first-order valence-electron chi connectivity index (χ1n) is 8.33. The van der Waals surface area contributed by atoms with E-state index in [2.05, 4.69) is 0 Å². The normalized spacial score (nSPS) is 10.6. The van der Waals surface area contributed by atoms with Crippen LogP contribution in [0.5, 0.6) is 0 Å². The van der Waals surface area contributed by atoms with Crippen molar-refractivity contribution in [2.45, 2.75) is 89.9 Å². The van der Waals surface area contributed by atoms with Crippen molar-refractivity contribution in [3.8, 4) is 0 Å². The second-order valence-corrected chi connectivity index (χ2v) is 5.61. The average Bonchev–Trinajstić information content (AvgIpc) is 2.43. The topological polar surface area (TPSA) is 60.2 Å². The average molecular weight is 285 g/mol. The summed E-state index contributed by atoms with van der Waals surface area (Å²) < 4.78 is 0. The van der Waals surface area contributed by atoms with E-state index in [0.717, 1.165) is 38.4 Å². The lowest BCUT2D eigenvalue weighted by atomic mass is 10.0. The molecule has 118 valence electrons. The van der Waals surface area contributed by atoms with Crippen LogP contribution in [-0.4, -0.2) is 17.8 Å². The molecular weight excluding hydrogens is 254 g/mol. The third-order valence-electron chi connectivity index (χ3n) is 3.66. The smallest absolute Gasteiger partial charge is 0.203 e. The van der Waals surface area contributed by atoms with E-state index in [1.165, 1.54) is 57.8 Å². The van der Waals surface area contributed by atoms with Crippen molar-refractivity contribution in [3.63, 3.8) is 0 Å². The van der Waals surface area contributed by atoms with Crippen LogP contribution in [0.2, 0.25) is 0 Å². The molecule has 0 spiro atoms. The second kappa shape index (κ2) is 16.1. The summed E-state index contributed by atoms with van der Waals surface area (Å²) in [5, 5.41) is 10.1. The predicted molar refractivity (Wildman–Crippen MR) is 82.6 cm³/mol.